The van der Waals surface area contributed by atoms with E-state index in [0.29, 0.717) is 30.2 Å². The van der Waals surface area contributed by atoms with Crippen LogP contribution in [-0.2, 0) is 19.6 Å². The van der Waals surface area contributed by atoms with E-state index < -0.39 is 11.0 Å². The number of pyridine rings is 1. The van der Waals surface area contributed by atoms with Gasteiger partial charge in [-0.2, -0.15) is 0 Å². The molecule has 0 bridgehead atoms. The molecule has 4 aromatic carbocycles. The van der Waals surface area contributed by atoms with Gasteiger partial charge in [0.05, 0.1) is 17.6 Å². The molecule has 9 heteroatoms. The van der Waals surface area contributed by atoms with Gasteiger partial charge in [0.25, 0.3) is 0 Å². The number of hydrogen-bond acceptors (Lipinski definition) is 8. The fraction of sp³-hybridized carbons (Fsp3) is 0.194. The molecule has 5 aromatic rings. The summed E-state index contributed by atoms with van der Waals surface area (Å²) >= 11 is 0. The van der Waals surface area contributed by atoms with Crippen molar-refractivity contribution < 1.29 is 24.6 Å². The minimum Gasteiger partial charge on any atom is -0.482 e. The normalized spacial score (nSPS) is 12.4. The summed E-state index contributed by atoms with van der Waals surface area (Å²) in [5.41, 5.74) is 3.05. The molecule has 9 nitrogen and oxygen atoms in total. The van der Waals surface area contributed by atoms with Gasteiger partial charge in [-0.3, -0.25) is 15.0 Å². The van der Waals surface area contributed by atoms with Crippen LogP contribution < -0.4 is 9.47 Å². The van der Waals surface area contributed by atoms with Gasteiger partial charge in [0.15, 0.2) is 5.75 Å². The van der Waals surface area contributed by atoms with Gasteiger partial charge in [0, 0.05) is 37.5 Å². The number of nitro benzene ring substituents is 1. The molecule has 0 saturated heterocycles. The van der Waals surface area contributed by atoms with E-state index in [1.807, 2.05) is 102 Å². The first-order valence-electron chi connectivity index (χ1n) is 14.7. The van der Waals surface area contributed by atoms with Crippen LogP contribution in [0.5, 0.6) is 17.4 Å². The van der Waals surface area contributed by atoms with Crippen LogP contribution in [0.15, 0.2) is 128 Å². The van der Waals surface area contributed by atoms with Crippen LogP contribution in [0.25, 0.3) is 0 Å². The molecule has 1 heterocycles. The van der Waals surface area contributed by atoms with E-state index in [1.165, 1.54) is 12.1 Å². The highest BCUT2D eigenvalue weighted by Gasteiger charge is 2.25. The smallest absolute Gasteiger partial charge is 0.311 e. The van der Waals surface area contributed by atoms with Crippen LogP contribution in [0.4, 0.5) is 5.69 Å². The summed E-state index contributed by atoms with van der Waals surface area (Å²) in [4.78, 5) is 17.6. The molecule has 5 rings (SSSR count). The first kappa shape index (κ1) is 31.3. The van der Waals surface area contributed by atoms with Crippen LogP contribution in [0.3, 0.4) is 0 Å². The summed E-state index contributed by atoms with van der Waals surface area (Å²) in [6.45, 7) is 0.633. The first-order chi connectivity index (χ1) is 22.0. The van der Waals surface area contributed by atoms with Crippen molar-refractivity contribution >= 4 is 5.69 Å². The Morgan fingerprint density at radius 1 is 0.822 bits per heavy atom. The molecule has 0 radical (unpaired) electrons. The molecule has 0 aliphatic carbocycles. The second-order valence-electron chi connectivity index (χ2n) is 10.6. The molecule has 0 spiro atoms. The maximum Gasteiger partial charge on any atom is 0.311 e. The number of nitro groups is 1. The van der Waals surface area contributed by atoms with E-state index in [9.17, 15) is 20.3 Å². The molecular weight excluding hydrogens is 570 g/mol. The Hall–Kier alpha value is -5.09. The number of aliphatic hydroxyl groups is 2. The number of aliphatic hydroxyl groups excluding tert-OH is 2. The van der Waals surface area contributed by atoms with E-state index in [1.54, 1.807) is 18.3 Å². The molecule has 0 unspecified atom stereocenters. The summed E-state index contributed by atoms with van der Waals surface area (Å²) in [5, 5.41) is 33.8. The summed E-state index contributed by atoms with van der Waals surface area (Å²) in [6.07, 6.45) is 1.11. The molecule has 0 saturated carbocycles. The third-order valence-corrected chi connectivity index (χ3v) is 7.42. The van der Waals surface area contributed by atoms with Gasteiger partial charge in [0.1, 0.15) is 12.4 Å². The molecular formula is C36H35N3O6. The molecule has 1 aromatic heterocycles. The van der Waals surface area contributed by atoms with E-state index in [0.717, 1.165) is 16.7 Å². The number of rotatable bonds is 15. The van der Waals surface area contributed by atoms with Crippen LogP contribution in [-0.4, -0.2) is 44.2 Å². The average Bonchev–Trinajstić information content (AvgIpc) is 3.08. The Kier molecular flexibility index (Phi) is 10.9. The lowest BCUT2D eigenvalue weighted by molar-refractivity contribution is -0.386. The zero-order chi connectivity index (χ0) is 31.4. The van der Waals surface area contributed by atoms with Gasteiger partial charge in [-0.15, -0.1) is 0 Å². The van der Waals surface area contributed by atoms with E-state index >= 15 is 0 Å². The van der Waals surface area contributed by atoms with Crippen LogP contribution in [0, 0.1) is 10.1 Å². The molecule has 45 heavy (non-hydrogen) atoms. The monoisotopic (exact) mass is 605 g/mol. The Morgan fingerprint density at radius 2 is 1.51 bits per heavy atom. The summed E-state index contributed by atoms with van der Waals surface area (Å²) < 4.78 is 11.6. The largest absolute Gasteiger partial charge is 0.482 e. The molecule has 230 valence electrons. The van der Waals surface area contributed by atoms with Crippen molar-refractivity contribution in [3.05, 3.63) is 160 Å². The maximum absolute atomic E-state index is 11.9. The zero-order valence-corrected chi connectivity index (χ0v) is 24.7. The third kappa shape index (κ3) is 8.96. The van der Waals surface area contributed by atoms with Gasteiger partial charge in [-0.05, 0) is 52.9 Å². The Balaban J connectivity index is 1.32. The van der Waals surface area contributed by atoms with Gasteiger partial charge in [0.2, 0.25) is 5.88 Å². The lowest BCUT2D eigenvalue weighted by atomic mass is 10.0. The Morgan fingerprint density at radius 3 is 2.16 bits per heavy atom. The molecule has 0 amide bonds. The zero-order valence-electron chi connectivity index (χ0n) is 24.7. The fourth-order valence-corrected chi connectivity index (χ4v) is 5.03. The number of hydrogen-bond donors (Lipinski definition) is 2. The molecule has 0 fully saturated rings. The third-order valence-electron chi connectivity index (χ3n) is 7.42. The minimum atomic E-state index is -1.06. The standard InChI is InChI=1S/C36H35N3O6/c40-25-31(21-27-14-17-32(18-15-27)45-36-13-7-8-20-37-36)38(23-28-9-3-1-4-10-28)24-34(41)30-16-19-35(33(22-30)39(42)43)44-26-29-11-5-2-6-12-29/h1-20,22,31,34,40-41H,21,23-26H2/t31-,34+/m0/s1. The molecule has 0 aliphatic rings. The van der Waals surface area contributed by atoms with Crippen molar-refractivity contribution in [2.45, 2.75) is 31.7 Å². The van der Waals surface area contributed by atoms with Crippen molar-refractivity contribution in [3.63, 3.8) is 0 Å². The highest BCUT2D eigenvalue weighted by molar-refractivity contribution is 5.49. The van der Waals surface area contributed by atoms with Gasteiger partial charge in [-0.25, -0.2) is 4.98 Å². The van der Waals surface area contributed by atoms with E-state index in [-0.39, 0.29) is 37.2 Å². The Labute approximate surface area is 262 Å². The summed E-state index contributed by atoms with van der Waals surface area (Å²) in [6, 6.07) is 36.4. The lowest BCUT2D eigenvalue weighted by Crippen LogP contribution is -2.41. The van der Waals surface area contributed by atoms with Gasteiger partial charge < -0.3 is 19.7 Å². The molecule has 0 aliphatic heterocycles. The predicted octanol–water partition coefficient (Wildman–Crippen LogP) is 6.50. The van der Waals surface area contributed by atoms with E-state index in [2.05, 4.69) is 4.98 Å². The van der Waals surface area contributed by atoms with Crippen LogP contribution in [0.1, 0.15) is 28.4 Å². The second kappa shape index (κ2) is 15.6. The number of nitrogens with zero attached hydrogens (tertiary/aromatic N) is 3. The first-order valence-corrected chi connectivity index (χ1v) is 14.7. The fourth-order valence-electron chi connectivity index (χ4n) is 5.03. The minimum absolute atomic E-state index is 0.129. The van der Waals surface area contributed by atoms with Crippen molar-refractivity contribution in [3.8, 4) is 17.4 Å². The predicted molar refractivity (Wildman–Crippen MR) is 171 cm³/mol. The number of aromatic nitrogens is 1. The molecule has 2 atom stereocenters. The van der Waals surface area contributed by atoms with Gasteiger partial charge in [-0.1, -0.05) is 84.9 Å². The van der Waals surface area contributed by atoms with Crippen molar-refractivity contribution in [2.24, 2.45) is 0 Å². The van der Waals surface area contributed by atoms with Crippen molar-refractivity contribution in [1.82, 2.24) is 9.88 Å². The summed E-state index contributed by atoms with van der Waals surface area (Å²) in [5.74, 6) is 1.27. The van der Waals surface area contributed by atoms with Crippen LogP contribution >= 0.6 is 0 Å². The Bertz CT molecular complexity index is 1640. The number of benzene rings is 4. The van der Waals surface area contributed by atoms with Crippen molar-refractivity contribution in [2.75, 3.05) is 13.2 Å². The van der Waals surface area contributed by atoms with Gasteiger partial charge >= 0.3 is 5.69 Å². The van der Waals surface area contributed by atoms with Crippen LogP contribution in [0.2, 0.25) is 0 Å². The number of ether oxygens (including phenoxy) is 2. The SMILES string of the molecule is O=[N+]([O-])c1cc([C@H](O)CN(Cc2ccccc2)[C@H](CO)Cc2ccc(Oc3ccccn3)cc2)ccc1OCc1ccccc1. The highest BCUT2D eigenvalue weighted by atomic mass is 16.6. The quantitative estimate of drug-likeness (QED) is 0.103. The topological polar surface area (TPSA) is 118 Å². The maximum atomic E-state index is 11.9. The molecule has 2 N–H and O–H groups in total. The average molecular weight is 606 g/mol. The second-order valence-corrected chi connectivity index (χ2v) is 10.6. The van der Waals surface area contributed by atoms with Crippen molar-refractivity contribution in [1.29, 1.82) is 0 Å². The highest BCUT2D eigenvalue weighted by Crippen LogP contribution is 2.32. The lowest BCUT2D eigenvalue weighted by Gasteiger charge is -2.32. The summed E-state index contributed by atoms with van der Waals surface area (Å²) in [7, 11) is 0. The van der Waals surface area contributed by atoms with E-state index in [4.69, 9.17) is 9.47 Å².